The molecule has 310 valence electrons. The number of aromatic nitrogens is 2. The molecule has 0 spiro atoms. The van der Waals surface area contributed by atoms with Crippen LogP contribution in [0.15, 0.2) is 218 Å². The van der Waals surface area contributed by atoms with Crippen LogP contribution in [0.2, 0.25) is 0 Å². The minimum atomic E-state index is -0.172. The summed E-state index contributed by atoms with van der Waals surface area (Å²) >= 11 is 1.91. The van der Waals surface area contributed by atoms with Crippen molar-refractivity contribution in [1.82, 2.24) is 9.13 Å². The molecule has 0 bridgehead atoms. The van der Waals surface area contributed by atoms with E-state index in [1.807, 2.05) is 11.3 Å². The van der Waals surface area contributed by atoms with Gasteiger partial charge < -0.3 is 9.13 Å². The van der Waals surface area contributed by atoms with Crippen molar-refractivity contribution in [1.29, 1.82) is 0 Å². The number of benzene rings is 10. The van der Waals surface area contributed by atoms with Gasteiger partial charge in [0.05, 0.1) is 22.1 Å². The highest BCUT2D eigenvalue weighted by Crippen LogP contribution is 2.54. The van der Waals surface area contributed by atoms with Crippen LogP contribution in [0.5, 0.6) is 0 Å². The average Bonchev–Trinajstić information content (AvgIpc) is 4.08. The van der Waals surface area contributed by atoms with E-state index in [0.717, 1.165) is 5.69 Å². The Labute approximate surface area is 386 Å². The summed E-state index contributed by atoms with van der Waals surface area (Å²) in [7, 11) is 0. The van der Waals surface area contributed by atoms with Crippen LogP contribution in [0.3, 0.4) is 0 Å². The molecule has 1 aliphatic carbocycles. The predicted molar refractivity (Wildman–Crippen MR) is 282 cm³/mol. The van der Waals surface area contributed by atoms with Gasteiger partial charge >= 0.3 is 0 Å². The number of para-hydroxylation sites is 2. The molecule has 1 aliphatic rings. The van der Waals surface area contributed by atoms with Gasteiger partial charge in [-0.2, -0.15) is 0 Å². The van der Waals surface area contributed by atoms with E-state index in [4.69, 9.17) is 0 Å². The summed E-state index contributed by atoms with van der Waals surface area (Å²) in [6.45, 7) is 4.85. The molecule has 0 aliphatic heterocycles. The molecule has 66 heavy (non-hydrogen) atoms. The van der Waals surface area contributed by atoms with E-state index in [1.54, 1.807) is 0 Å². The molecule has 0 amide bonds. The van der Waals surface area contributed by atoms with E-state index in [0.29, 0.717) is 0 Å². The Morgan fingerprint density at radius 2 is 0.894 bits per heavy atom. The number of fused-ring (bicyclic) bond motifs is 13. The molecule has 14 rings (SSSR count). The van der Waals surface area contributed by atoms with Crippen molar-refractivity contribution in [3.05, 3.63) is 230 Å². The van der Waals surface area contributed by atoms with Gasteiger partial charge in [-0.1, -0.05) is 159 Å². The number of nitrogens with zero attached hydrogens (tertiary/aromatic N) is 2. The summed E-state index contributed by atoms with van der Waals surface area (Å²) in [6.07, 6.45) is 0. The molecule has 3 heteroatoms. The van der Waals surface area contributed by atoms with Gasteiger partial charge in [0, 0.05) is 58.5 Å². The van der Waals surface area contributed by atoms with Gasteiger partial charge in [0.2, 0.25) is 0 Å². The second-order valence-corrected chi connectivity index (χ2v) is 19.6. The molecular formula is C63H42N2S. The highest BCUT2D eigenvalue weighted by atomic mass is 32.1. The molecule has 0 fully saturated rings. The van der Waals surface area contributed by atoms with Crippen LogP contribution in [-0.4, -0.2) is 9.13 Å². The molecule has 2 nitrogen and oxygen atoms in total. The molecule has 0 unspecified atom stereocenters. The Hall–Kier alpha value is -7.98. The van der Waals surface area contributed by atoms with Crippen LogP contribution in [0.25, 0.3) is 120 Å². The first kappa shape index (κ1) is 37.4. The van der Waals surface area contributed by atoms with Gasteiger partial charge in [0.1, 0.15) is 0 Å². The second kappa shape index (κ2) is 14.0. The van der Waals surface area contributed by atoms with Crippen LogP contribution in [0, 0.1) is 0 Å². The Morgan fingerprint density at radius 1 is 0.333 bits per heavy atom. The molecule has 0 N–H and O–H groups in total. The van der Waals surface area contributed by atoms with Crippen molar-refractivity contribution in [2.45, 2.75) is 19.3 Å². The Kier molecular flexibility index (Phi) is 7.94. The summed E-state index contributed by atoms with van der Waals surface area (Å²) in [5, 5.41) is 7.78. The molecule has 10 aromatic carbocycles. The van der Waals surface area contributed by atoms with Crippen LogP contribution in [0.1, 0.15) is 25.0 Å². The maximum Gasteiger partial charge on any atom is 0.0547 e. The van der Waals surface area contributed by atoms with E-state index in [2.05, 4.69) is 241 Å². The lowest BCUT2D eigenvalue weighted by atomic mass is 9.80. The molecule has 13 aromatic rings. The molecule has 0 saturated heterocycles. The summed E-state index contributed by atoms with van der Waals surface area (Å²) < 4.78 is 7.67. The zero-order chi connectivity index (χ0) is 43.7. The fraction of sp³-hybridized carbons (Fsp3) is 0.0476. The van der Waals surface area contributed by atoms with Crippen LogP contribution >= 0.6 is 11.3 Å². The van der Waals surface area contributed by atoms with E-state index >= 15 is 0 Å². The van der Waals surface area contributed by atoms with E-state index in [-0.39, 0.29) is 5.41 Å². The fourth-order valence-corrected chi connectivity index (χ4v) is 12.6. The van der Waals surface area contributed by atoms with Crippen molar-refractivity contribution in [3.8, 4) is 55.9 Å². The summed E-state index contributed by atoms with van der Waals surface area (Å²) in [4.78, 5) is 0. The van der Waals surface area contributed by atoms with E-state index < -0.39 is 0 Å². The van der Waals surface area contributed by atoms with Gasteiger partial charge in [0.25, 0.3) is 0 Å². The average molecular weight is 859 g/mol. The van der Waals surface area contributed by atoms with Crippen molar-refractivity contribution >= 4 is 75.1 Å². The summed E-state index contributed by atoms with van der Waals surface area (Å²) in [5.74, 6) is 0. The normalized spacial score (nSPS) is 13.1. The van der Waals surface area contributed by atoms with Crippen LogP contribution in [-0.2, 0) is 5.41 Å². The van der Waals surface area contributed by atoms with E-state index in [9.17, 15) is 0 Å². The Bertz CT molecular complexity index is 4070. The molecule has 0 radical (unpaired) electrons. The van der Waals surface area contributed by atoms with Crippen molar-refractivity contribution < 1.29 is 0 Å². The number of hydrogen-bond donors (Lipinski definition) is 0. The zero-order valence-corrected chi connectivity index (χ0v) is 37.4. The van der Waals surface area contributed by atoms with Gasteiger partial charge in [-0.05, 0) is 128 Å². The first-order chi connectivity index (χ1) is 32.5. The van der Waals surface area contributed by atoms with Gasteiger partial charge in [-0.3, -0.25) is 0 Å². The van der Waals surface area contributed by atoms with Gasteiger partial charge in [0.15, 0.2) is 0 Å². The zero-order valence-electron chi connectivity index (χ0n) is 36.6. The third-order valence-corrected chi connectivity index (χ3v) is 15.6. The summed E-state index contributed by atoms with van der Waals surface area (Å²) in [6, 6.07) is 81.2. The molecule has 0 saturated carbocycles. The third kappa shape index (κ3) is 5.41. The van der Waals surface area contributed by atoms with Crippen LogP contribution < -0.4 is 0 Å². The number of thiophene rings is 1. The van der Waals surface area contributed by atoms with Gasteiger partial charge in [-0.15, -0.1) is 11.3 Å². The fourth-order valence-electron chi connectivity index (χ4n) is 11.4. The molecule has 3 aromatic heterocycles. The lowest BCUT2D eigenvalue weighted by Crippen LogP contribution is -2.15. The van der Waals surface area contributed by atoms with Crippen molar-refractivity contribution in [2.24, 2.45) is 0 Å². The number of rotatable bonds is 5. The second-order valence-electron chi connectivity index (χ2n) is 18.5. The third-order valence-electron chi connectivity index (χ3n) is 14.5. The largest absolute Gasteiger partial charge is 0.309 e. The van der Waals surface area contributed by atoms with Crippen molar-refractivity contribution in [2.75, 3.05) is 0 Å². The topological polar surface area (TPSA) is 9.86 Å². The maximum absolute atomic E-state index is 2.50. The monoisotopic (exact) mass is 858 g/mol. The smallest absolute Gasteiger partial charge is 0.0547 e. The molecule has 3 heterocycles. The standard InChI is InChI=1S/C63H42N2S/c1-63(2)54-38-45(27-29-47(54)51-30-32-60-61(62(51)63)52-21-11-14-24-59(52)66-60)64-55-22-12-9-19-48(55)50-28-25-42(37-58(50)64)41-26-31-57-53(36-41)49-20-10-13-23-56(49)65(57)46-34-43(39-15-5-3-6-16-39)33-44(35-46)40-17-7-4-8-18-40/h3-38H,1-2H3. The maximum atomic E-state index is 2.50. The molecule has 0 atom stereocenters. The minimum absolute atomic E-state index is 0.172. The van der Waals surface area contributed by atoms with Crippen LogP contribution in [0.4, 0.5) is 0 Å². The SMILES string of the molecule is CC1(C)c2cc(-n3c4ccccc4c4ccc(-c5ccc6c(c5)c5ccccc5n6-c5cc(-c6ccccc6)cc(-c6ccccc6)c5)cc43)ccc2-c2ccc3sc4ccccc4c3c21. The minimum Gasteiger partial charge on any atom is -0.309 e. The lowest BCUT2D eigenvalue weighted by Gasteiger charge is -2.23. The predicted octanol–water partition coefficient (Wildman–Crippen LogP) is 17.6. The Morgan fingerprint density at radius 3 is 1.62 bits per heavy atom. The number of hydrogen-bond acceptors (Lipinski definition) is 1. The first-order valence-electron chi connectivity index (χ1n) is 22.9. The van der Waals surface area contributed by atoms with Crippen molar-refractivity contribution in [3.63, 3.8) is 0 Å². The molecular weight excluding hydrogens is 817 g/mol. The lowest BCUT2D eigenvalue weighted by molar-refractivity contribution is 0.666. The Balaban J connectivity index is 0.929. The summed E-state index contributed by atoms with van der Waals surface area (Å²) in [5.41, 5.74) is 19.7. The highest BCUT2D eigenvalue weighted by Gasteiger charge is 2.38. The first-order valence-corrected chi connectivity index (χ1v) is 23.7. The quantitative estimate of drug-likeness (QED) is 0.163. The van der Waals surface area contributed by atoms with Gasteiger partial charge in [-0.25, -0.2) is 0 Å². The highest BCUT2D eigenvalue weighted by molar-refractivity contribution is 7.25. The van der Waals surface area contributed by atoms with E-state index in [1.165, 1.54) is 125 Å².